The molecular formula is C19H19ClN2O4. The van der Waals surface area contributed by atoms with Crippen molar-refractivity contribution < 1.29 is 13.9 Å². The normalized spacial score (nSPS) is 12.1. The molecule has 3 aromatic rings. The van der Waals surface area contributed by atoms with Crippen LogP contribution in [0.25, 0.3) is 11.1 Å². The number of amides is 1. The summed E-state index contributed by atoms with van der Waals surface area (Å²) < 4.78 is 12.2. The zero-order valence-corrected chi connectivity index (χ0v) is 15.3. The highest BCUT2D eigenvalue weighted by atomic mass is 35.5. The number of aromatic nitrogens is 1. The van der Waals surface area contributed by atoms with Gasteiger partial charge >= 0.3 is 5.76 Å². The minimum atomic E-state index is -0.684. The Bertz CT molecular complexity index is 979. The lowest BCUT2D eigenvalue weighted by Crippen LogP contribution is -2.38. The van der Waals surface area contributed by atoms with Crippen molar-refractivity contribution in [2.75, 3.05) is 20.2 Å². The molecule has 3 rings (SSSR count). The molecule has 26 heavy (non-hydrogen) atoms. The lowest BCUT2D eigenvalue weighted by molar-refractivity contribution is -0.133. The summed E-state index contributed by atoms with van der Waals surface area (Å²) in [5, 5.41) is 0.520. The zero-order chi connectivity index (χ0) is 18.7. The van der Waals surface area contributed by atoms with E-state index < -0.39 is 11.8 Å². The SMILES string of the molecule is CC(C(=O)N(C)CCOc1ccccc1Cl)n1c(=O)oc2ccccc21. The van der Waals surface area contributed by atoms with Crippen LogP contribution >= 0.6 is 11.6 Å². The van der Waals surface area contributed by atoms with E-state index in [1.54, 1.807) is 50.4 Å². The average molecular weight is 375 g/mol. The van der Waals surface area contributed by atoms with Crippen LogP contribution in [0.1, 0.15) is 13.0 Å². The Hall–Kier alpha value is -2.73. The fourth-order valence-electron chi connectivity index (χ4n) is 2.74. The molecule has 0 saturated heterocycles. The van der Waals surface area contributed by atoms with Gasteiger partial charge in [0.15, 0.2) is 5.58 Å². The molecule has 1 unspecified atom stereocenters. The minimum absolute atomic E-state index is 0.207. The Labute approximate surface area is 155 Å². The quantitative estimate of drug-likeness (QED) is 0.663. The molecule has 1 heterocycles. The predicted molar refractivity (Wildman–Crippen MR) is 99.8 cm³/mol. The molecule has 0 aliphatic carbocycles. The fraction of sp³-hybridized carbons (Fsp3) is 0.263. The van der Waals surface area contributed by atoms with E-state index >= 15 is 0 Å². The number of rotatable bonds is 6. The molecule has 0 aliphatic heterocycles. The molecule has 0 aliphatic rings. The van der Waals surface area contributed by atoms with Crippen molar-refractivity contribution in [1.82, 2.24) is 9.47 Å². The monoisotopic (exact) mass is 374 g/mol. The highest BCUT2D eigenvalue weighted by molar-refractivity contribution is 6.32. The summed E-state index contributed by atoms with van der Waals surface area (Å²) in [4.78, 5) is 26.3. The maximum absolute atomic E-state index is 12.7. The molecule has 0 saturated carbocycles. The number of nitrogens with zero attached hydrogens (tertiary/aromatic N) is 2. The maximum Gasteiger partial charge on any atom is 0.420 e. The number of carbonyl (C=O) groups excluding carboxylic acids is 1. The van der Waals surface area contributed by atoms with Gasteiger partial charge in [-0.25, -0.2) is 4.79 Å². The molecule has 136 valence electrons. The third-order valence-electron chi connectivity index (χ3n) is 4.16. The molecule has 7 heteroatoms. The van der Waals surface area contributed by atoms with E-state index in [1.165, 1.54) is 9.47 Å². The average Bonchev–Trinajstić information content (AvgIpc) is 2.97. The number of oxazole rings is 1. The van der Waals surface area contributed by atoms with Crippen LogP contribution in [0.3, 0.4) is 0 Å². The van der Waals surface area contributed by atoms with Gasteiger partial charge in [0.05, 0.1) is 17.1 Å². The van der Waals surface area contributed by atoms with Crippen LogP contribution < -0.4 is 10.5 Å². The number of para-hydroxylation sites is 3. The van der Waals surface area contributed by atoms with Crippen molar-refractivity contribution >= 4 is 28.6 Å². The number of fused-ring (bicyclic) bond motifs is 1. The van der Waals surface area contributed by atoms with Crippen LogP contribution in [0.15, 0.2) is 57.7 Å². The van der Waals surface area contributed by atoms with E-state index in [2.05, 4.69) is 0 Å². The summed E-state index contributed by atoms with van der Waals surface area (Å²) in [5.41, 5.74) is 1.06. The standard InChI is InChI=1S/C19H19ClN2O4/c1-13(22-15-8-4-6-10-17(15)26-19(22)24)18(23)21(2)11-12-25-16-9-5-3-7-14(16)20/h3-10,13H,11-12H2,1-2H3. The number of ether oxygens (including phenoxy) is 1. The van der Waals surface area contributed by atoms with E-state index in [0.29, 0.717) is 35.0 Å². The molecular weight excluding hydrogens is 356 g/mol. The van der Waals surface area contributed by atoms with Gasteiger partial charge in [0.25, 0.3) is 0 Å². The van der Waals surface area contributed by atoms with Gasteiger partial charge in [0, 0.05) is 7.05 Å². The van der Waals surface area contributed by atoms with Crippen molar-refractivity contribution in [3.05, 3.63) is 64.1 Å². The van der Waals surface area contributed by atoms with E-state index in [9.17, 15) is 9.59 Å². The Balaban J connectivity index is 1.67. The molecule has 1 amide bonds. The number of likely N-dealkylation sites (N-methyl/N-ethyl adjacent to an activating group) is 1. The van der Waals surface area contributed by atoms with Gasteiger partial charge in [0.2, 0.25) is 5.91 Å². The highest BCUT2D eigenvalue weighted by Crippen LogP contribution is 2.23. The summed E-state index contributed by atoms with van der Waals surface area (Å²) in [6.07, 6.45) is 0. The molecule has 1 atom stereocenters. The first kappa shape index (κ1) is 18.1. The molecule has 1 aromatic heterocycles. The van der Waals surface area contributed by atoms with Crippen molar-refractivity contribution in [2.45, 2.75) is 13.0 Å². The molecule has 0 spiro atoms. The summed E-state index contributed by atoms with van der Waals surface area (Å²) in [5.74, 6) is -0.186. The first-order valence-corrected chi connectivity index (χ1v) is 8.59. The largest absolute Gasteiger partial charge is 0.490 e. The molecule has 0 bridgehead atoms. The summed E-state index contributed by atoms with van der Waals surface area (Å²) in [6.45, 7) is 2.33. The Morgan fingerprint density at radius 1 is 1.23 bits per heavy atom. The number of hydrogen-bond acceptors (Lipinski definition) is 4. The molecule has 0 fully saturated rings. The van der Waals surface area contributed by atoms with Crippen molar-refractivity contribution in [3.63, 3.8) is 0 Å². The third kappa shape index (κ3) is 3.60. The number of hydrogen-bond donors (Lipinski definition) is 0. The van der Waals surface area contributed by atoms with Gasteiger partial charge < -0.3 is 14.1 Å². The van der Waals surface area contributed by atoms with Crippen LogP contribution in [-0.4, -0.2) is 35.6 Å². The van der Waals surface area contributed by atoms with E-state index in [-0.39, 0.29) is 5.91 Å². The topological polar surface area (TPSA) is 64.7 Å². The zero-order valence-electron chi connectivity index (χ0n) is 14.5. The minimum Gasteiger partial charge on any atom is -0.490 e. The smallest absolute Gasteiger partial charge is 0.420 e. The molecule has 0 N–H and O–H groups in total. The van der Waals surface area contributed by atoms with Crippen molar-refractivity contribution in [2.24, 2.45) is 0 Å². The summed E-state index contributed by atoms with van der Waals surface area (Å²) in [6, 6.07) is 13.5. The van der Waals surface area contributed by atoms with E-state index in [0.717, 1.165) is 0 Å². The first-order valence-electron chi connectivity index (χ1n) is 8.21. The molecule has 2 aromatic carbocycles. The van der Waals surface area contributed by atoms with Gasteiger partial charge in [-0.3, -0.25) is 9.36 Å². The predicted octanol–water partition coefficient (Wildman–Crippen LogP) is 3.35. The summed E-state index contributed by atoms with van der Waals surface area (Å²) >= 11 is 6.04. The first-order chi connectivity index (χ1) is 12.5. The Kier molecular flexibility index (Phi) is 5.32. The number of benzene rings is 2. The molecule has 6 nitrogen and oxygen atoms in total. The van der Waals surface area contributed by atoms with Crippen LogP contribution in [0.2, 0.25) is 5.02 Å². The van der Waals surface area contributed by atoms with Gasteiger partial charge in [-0.05, 0) is 31.2 Å². The second-order valence-corrected chi connectivity index (χ2v) is 6.33. The van der Waals surface area contributed by atoms with Crippen molar-refractivity contribution in [1.29, 1.82) is 0 Å². The Morgan fingerprint density at radius 2 is 1.92 bits per heavy atom. The third-order valence-corrected chi connectivity index (χ3v) is 4.47. The Morgan fingerprint density at radius 3 is 2.69 bits per heavy atom. The van der Waals surface area contributed by atoms with Crippen LogP contribution in [0, 0.1) is 0 Å². The van der Waals surface area contributed by atoms with Crippen LogP contribution in [-0.2, 0) is 4.79 Å². The second kappa shape index (κ2) is 7.66. The van der Waals surface area contributed by atoms with E-state index in [1.807, 2.05) is 12.1 Å². The van der Waals surface area contributed by atoms with Gasteiger partial charge in [0.1, 0.15) is 18.4 Å². The van der Waals surface area contributed by atoms with Gasteiger partial charge in [-0.15, -0.1) is 0 Å². The maximum atomic E-state index is 12.7. The van der Waals surface area contributed by atoms with Crippen LogP contribution in [0.4, 0.5) is 0 Å². The number of halogens is 1. The lowest BCUT2D eigenvalue weighted by Gasteiger charge is -2.22. The number of carbonyl (C=O) groups is 1. The second-order valence-electron chi connectivity index (χ2n) is 5.92. The van der Waals surface area contributed by atoms with Gasteiger partial charge in [-0.1, -0.05) is 35.9 Å². The molecule has 0 radical (unpaired) electrons. The van der Waals surface area contributed by atoms with Crippen LogP contribution in [0.5, 0.6) is 5.75 Å². The lowest BCUT2D eigenvalue weighted by atomic mass is 10.2. The van der Waals surface area contributed by atoms with Crippen molar-refractivity contribution in [3.8, 4) is 5.75 Å². The highest BCUT2D eigenvalue weighted by Gasteiger charge is 2.23. The fourth-order valence-corrected chi connectivity index (χ4v) is 2.94. The summed E-state index contributed by atoms with van der Waals surface area (Å²) in [7, 11) is 1.67. The van der Waals surface area contributed by atoms with E-state index in [4.69, 9.17) is 20.8 Å². The van der Waals surface area contributed by atoms with Gasteiger partial charge in [-0.2, -0.15) is 0 Å².